The predicted molar refractivity (Wildman–Crippen MR) is 96.6 cm³/mol. The molecular formula is C19H25N3O3. The summed E-state index contributed by atoms with van der Waals surface area (Å²) in [7, 11) is 0. The Morgan fingerprint density at radius 3 is 2.92 bits per heavy atom. The van der Waals surface area contributed by atoms with Crippen LogP contribution in [0.1, 0.15) is 26.2 Å². The van der Waals surface area contributed by atoms with Gasteiger partial charge in [-0.2, -0.15) is 0 Å². The zero-order chi connectivity index (χ0) is 17.4. The van der Waals surface area contributed by atoms with E-state index in [0.29, 0.717) is 19.7 Å². The van der Waals surface area contributed by atoms with Crippen LogP contribution in [0.15, 0.2) is 30.5 Å². The molecule has 0 radical (unpaired) electrons. The van der Waals surface area contributed by atoms with Gasteiger partial charge in [0.15, 0.2) is 0 Å². The smallest absolute Gasteiger partial charge is 0.321 e. The lowest BCUT2D eigenvalue weighted by Gasteiger charge is -2.56. The number of aromatic nitrogens is 1. The number of carbonyl (C=O) groups excluding carboxylic acids is 1. The van der Waals surface area contributed by atoms with E-state index in [1.165, 1.54) is 0 Å². The zero-order valence-corrected chi connectivity index (χ0v) is 14.5. The number of ether oxygens (including phenoxy) is 1. The van der Waals surface area contributed by atoms with Crippen LogP contribution in [0.5, 0.6) is 0 Å². The number of nitrogens with one attached hydrogen (secondary N) is 2. The Morgan fingerprint density at radius 1 is 1.40 bits per heavy atom. The van der Waals surface area contributed by atoms with Crippen LogP contribution < -0.4 is 5.32 Å². The molecule has 2 aromatic rings. The van der Waals surface area contributed by atoms with Gasteiger partial charge in [0.05, 0.1) is 12.2 Å². The molecule has 2 atom stereocenters. The molecule has 1 saturated carbocycles. The average molecular weight is 343 g/mol. The third kappa shape index (κ3) is 2.79. The maximum Gasteiger partial charge on any atom is 0.321 e. The molecule has 1 aromatic carbocycles. The van der Waals surface area contributed by atoms with Gasteiger partial charge in [0.2, 0.25) is 0 Å². The van der Waals surface area contributed by atoms with E-state index < -0.39 is 0 Å². The van der Waals surface area contributed by atoms with E-state index in [1.54, 1.807) is 0 Å². The topological polar surface area (TPSA) is 77.6 Å². The first kappa shape index (κ1) is 16.4. The van der Waals surface area contributed by atoms with Crippen molar-refractivity contribution in [3.63, 3.8) is 0 Å². The number of piperidine rings is 1. The van der Waals surface area contributed by atoms with Crippen LogP contribution in [0, 0.1) is 5.41 Å². The maximum atomic E-state index is 12.6. The molecular weight excluding hydrogens is 318 g/mol. The highest BCUT2D eigenvalue weighted by Gasteiger charge is 2.56. The Bertz CT molecular complexity index is 762. The summed E-state index contributed by atoms with van der Waals surface area (Å²) in [6.45, 7) is 3.96. The summed E-state index contributed by atoms with van der Waals surface area (Å²) in [6.07, 6.45) is 4.03. The molecule has 2 amide bonds. The Labute approximate surface area is 147 Å². The zero-order valence-electron chi connectivity index (χ0n) is 14.5. The van der Waals surface area contributed by atoms with Gasteiger partial charge in [-0.3, -0.25) is 0 Å². The quantitative estimate of drug-likeness (QED) is 0.802. The third-order valence-corrected chi connectivity index (χ3v) is 5.90. The molecule has 134 valence electrons. The Kier molecular flexibility index (Phi) is 4.17. The molecule has 0 bridgehead atoms. The van der Waals surface area contributed by atoms with Crippen LogP contribution in [0.3, 0.4) is 0 Å². The first-order valence-corrected chi connectivity index (χ1v) is 9.05. The minimum Gasteiger partial charge on any atom is -0.392 e. The number of aromatic amines is 1. The molecule has 1 spiro atoms. The van der Waals surface area contributed by atoms with Crippen LogP contribution in [0.4, 0.5) is 10.5 Å². The van der Waals surface area contributed by atoms with Crippen LogP contribution in [-0.2, 0) is 4.74 Å². The van der Waals surface area contributed by atoms with Gasteiger partial charge in [0, 0.05) is 54.3 Å². The highest BCUT2D eigenvalue weighted by Crippen LogP contribution is 2.50. The molecule has 1 aliphatic heterocycles. The summed E-state index contributed by atoms with van der Waals surface area (Å²) in [5.74, 6) is 0. The largest absolute Gasteiger partial charge is 0.392 e. The SMILES string of the molecule is CCO[C@@H]1C[C@@H](O)C12CCN(C(=O)Nc1ccc3[nH]ccc3c1)CC2. The molecule has 6 heteroatoms. The second-order valence-corrected chi connectivity index (χ2v) is 7.13. The molecule has 3 N–H and O–H groups in total. The van der Waals surface area contributed by atoms with Gasteiger partial charge < -0.3 is 25.0 Å². The first-order chi connectivity index (χ1) is 12.1. The van der Waals surface area contributed by atoms with Gasteiger partial charge in [0.25, 0.3) is 0 Å². The minimum absolute atomic E-state index is 0.0773. The summed E-state index contributed by atoms with van der Waals surface area (Å²) in [5, 5.41) is 14.3. The van der Waals surface area contributed by atoms with E-state index in [9.17, 15) is 9.90 Å². The lowest BCUT2D eigenvalue weighted by molar-refractivity contribution is -0.207. The van der Waals surface area contributed by atoms with E-state index >= 15 is 0 Å². The van der Waals surface area contributed by atoms with Crippen molar-refractivity contribution >= 4 is 22.6 Å². The Morgan fingerprint density at radius 2 is 2.20 bits per heavy atom. The molecule has 2 fully saturated rings. The molecule has 1 aliphatic carbocycles. The standard InChI is InChI=1S/C19H25N3O3/c1-2-25-17-12-16(23)19(17)6-9-22(10-7-19)18(24)21-14-3-4-15-13(11-14)5-8-20-15/h3-5,8,11,16-17,20,23H,2,6-7,9-10,12H2,1H3,(H,21,24)/t16-,17-/m1/s1. The first-order valence-electron chi connectivity index (χ1n) is 9.05. The number of anilines is 1. The fourth-order valence-corrected chi connectivity index (χ4v) is 4.28. The van der Waals surface area contributed by atoms with Gasteiger partial charge >= 0.3 is 6.03 Å². The molecule has 1 aromatic heterocycles. The van der Waals surface area contributed by atoms with Crippen LogP contribution in [0.25, 0.3) is 10.9 Å². The highest BCUT2D eigenvalue weighted by atomic mass is 16.5. The lowest BCUT2D eigenvalue weighted by atomic mass is 9.58. The Balaban J connectivity index is 1.38. The van der Waals surface area contributed by atoms with E-state index in [-0.39, 0.29) is 23.7 Å². The van der Waals surface area contributed by atoms with Crippen molar-refractivity contribution in [1.82, 2.24) is 9.88 Å². The summed E-state index contributed by atoms with van der Waals surface area (Å²) < 4.78 is 5.78. The van der Waals surface area contributed by atoms with Crippen molar-refractivity contribution in [3.05, 3.63) is 30.5 Å². The molecule has 6 nitrogen and oxygen atoms in total. The highest BCUT2D eigenvalue weighted by molar-refractivity contribution is 5.92. The second-order valence-electron chi connectivity index (χ2n) is 7.13. The average Bonchev–Trinajstić information content (AvgIpc) is 3.09. The number of H-pyrrole nitrogens is 1. The number of carbonyl (C=O) groups is 1. The summed E-state index contributed by atoms with van der Waals surface area (Å²) >= 11 is 0. The summed E-state index contributed by atoms with van der Waals surface area (Å²) in [6, 6.07) is 7.75. The van der Waals surface area contributed by atoms with Crippen LogP contribution in [-0.4, -0.2) is 52.9 Å². The van der Waals surface area contributed by atoms with Crippen molar-refractivity contribution in [2.75, 3.05) is 25.0 Å². The van der Waals surface area contributed by atoms with E-state index in [0.717, 1.165) is 35.9 Å². The summed E-state index contributed by atoms with van der Waals surface area (Å²) in [5.41, 5.74) is 1.70. The van der Waals surface area contributed by atoms with E-state index in [4.69, 9.17) is 4.74 Å². The van der Waals surface area contributed by atoms with Crippen molar-refractivity contribution in [2.24, 2.45) is 5.41 Å². The lowest BCUT2D eigenvalue weighted by Crippen LogP contribution is -2.63. The molecule has 2 aliphatic rings. The number of urea groups is 1. The van der Waals surface area contributed by atoms with Crippen LogP contribution in [0.2, 0.25) is 0 Å². The number of aliphatic hydroxyl groups excluding tert-OH is 1. The molecule has 0 unspecified atom stereocenters. The number of likely N-dealkylation sites (tertiary alicyclic amines) is 1. The van der Waals surface area contributed by atoms with Gasteiger partial charge in [0.1, 0.15) is 0 Å². The fraction of sp³-hybridized carbons (Fsp3) is 0.526. The van der Waals surface area contributed by atoms with E-state index in [2.05, 4.69) is 10.3 Å². The predicted octanol–water partition coefficient (Wildman–Crippen LogP) is 2.95. The molecule has 4 rings (SSSR count). The second kappa shape index (κ2) is 6.35. The van der Waals surface area contributed by atoms with Crippen molar-refractivity contribution in [3.8, 4) is 0 Å². The number of rotatable bonds is 3. The minimum atomic E-state index is -0.301. The normalized spacial score (nSPS) is 25.1. The number of benzene rings is 1. The number of amides is 2. The number of fused-ring (bicyclic) bond motifs is 1. The monoisotopic (exact) mass is 343 g/mol. The number of hydrogen-bond donors (Lipinski definition) is 3. The maximum absolute atomic E-state index is 12.6. The van der Waals surface area contributed by atoms with Gasteiger partial charge in [-0.15, -0.1) is 0 Å². The van der Waals surface area contributed by atoms with Crippen LogP contribution >= 0.6 is 0 Å². The van der Waals surface area contributed by atoms with Crippen molar-refractivity contribution in [1.29, 1.82) is 0 Å². The number of aliphatic hydroxyl groups is 1. The Hall–Kier alpha value is -2.05. The van der Waals surface area contributed by atoms with Gasteiger partial charge in [-0.05, 0) is 44.0 Å². The fourth-order valence-electron chi connectivity index (χ4n) is 4.28. The number of nitrogens with zero attached hydrogens (tertiary/aromatic N) is 1. The number of hydrogen-bond acceptors (Lipinski definition) is 3. The molecule has 1 saturated heterocycles. The van der Waals surface area contributed by atoms with Crippen molar-refractivity contribution in [2.45, 2.75) is 38.4 Å². The third-order valence-electron chi connectivity index (χ3n) is 5.90. The van der Waals surface area contributed by atoms with Crippen molar-refractivity contribution < 1.29 is 14.6 Å². The molecule has 2 heterocycles. The summed E-state index contributed by atoms with van der Waals surface area (Å²) in [4.78, 5) is 17.5. The van der Waals surface area contributed by atoms with Gasteiger partial charge in [-0.1, -0.05) is 0 Å². The van der Waals surface area contributed by atoms with Gasteiger partial charge in [-0.25, -0.2) is 4.79 Å². The van der Waals surface area contributed by atoms with E-state index in [1.807, 2.05) is 42.3 Å². The molecule has 25 heavy (non-hydrogen) atoms.